The number of amides is 1. The number of alkyl carbamates (subject to hydrolysis) is 1. The fraction of sp³-hybridized carbons (Fsp3) is 0.604. The third kappa shape index (κ3) is 7.18. The molecule has 0 radical (unpaired) electrons. The van der Waals surface area contributed by atoms with Crippen LogP contribution in [0.3, 0.4) is 0 Å². The van der Waals surface area contributed by atoms with Crippen LogP contribution < -0.4 is 11.1 Å². The van der Waals surface area contributed by atoms with Gasteiger partial charge in [-0.1, -0.05) is 101 Å². The van der Waals surface area contributed by atoms with Gasteiger partial charge in [-0.15, -0.1) is 0 Å². The fourth-order valence-electron chi connectivity index (χ4n) is 13.9. The number of aryl methyl sites for hydroxylation is 1. The number of allylic oxidation sites excluding steroid dienone is 2. The molecule has 0 aliphatic heterocycles. The van der Waals surface area contributed by atoms with Crippen LogP contribution in [0.1, 0.15) is 148 Å². The number of fused-ring (bicyclic) bond motifs is 7. The van der Waals surface area contributed by atoms with Crippen LogP contribution in [-0.4, -0.2) is 35.5 Å². The van der Waals surface area contributed by atoms with Crippen LogP contribution in [-0.2, 0) is 41.6 Å². The monoisotopic (exact) mass is 875 g/mol. The fourth-order valence-corrected chi connectivity index (χ4v) is 13.9. The summed E-state index contributed by atoms with van der Waals surface area (Å²) in [7, 11) is 0. The molecule has 64 heavy (non-hydrogen) atoms. The Morgan fingerprint density at radius 2 is 1.42 bits per heavy atom. The van der Waals surface area contributed by atoms with Crippen molar-refractivity contribution in [2.45, 2.75) is 150 Å². The van der Waals surface area contributed by atoms with Gasteiger partial charge >= 0.3 is 23.9 Å². The quantitative estimate of drug-likeness (QED) is 0.154. The van der Waals surface area contributed by atoms with Gasteiger partial charge in [-0.3, -0.25) is 14.4 Å². The number of nitrogens with one attached hydrogen (secondary N) is 1. The summed E-state index contributed by atoms with van der Waals surface area (Å²) in [5.74, 6) is -1.45. The number of hydrogen-bond acceptors (Lipinski definition) is 10. The molecule has 11 heteroatoms. The van der Waals surface area contributed by atoms with Gasteiger partial charge in [0.05, 0.1) is 16.9 Å². The maximum absolute atomic E-state index is 15.3. The van der Waals surface area contributed by atoms with E-state index < -0.39 is 45.9 Å². The van der Waals surface area contributed by atoms with Crippen LogP contribution in [0.4, 0.5) is 4.79 Å². The van der Waals surface area contributed by atoms with Crippen molar-refractivity contribution in [2.24, 2.45) is 50.7 Å². The molecule has 11 nitrogen and oxygen atoms in total. The normalized spacial score (nSPS) is 36.6. The lowest BCUT2D eigenvalue weighted by atomic mass is 9.34. The van der Waals surface area contributed by atoms with E-state index in [0.717, 1.165) is 49.7 Å². The highest BCUT2D eigenvalue weighted by atomic mass is 16.6. The van der Waals surface area contributed by atoms with Crippen molar-refractivity contribution < 1.29 is 42.2 Å². The molecular weight excluding hydrogens is 811 g/mol. The molecule has 9 rings (SSSR count). The summed E-state index contributed by atoms with van der Waals surface area (Å²) in [6, 6.07) is 19.8. The minimum Gasteiger partial charge on any atom is -0.460 e. The van der Waals surface area contributed by atoms with Crippen LogP contribution in [0.25, 0.3) is 0 Å². The van der Waals surface area contributed by atoms with Crippen LogP contribution in [0.5, 0.6) is 0 Å². The van der Waals surface area contributed by atoms with E-state index in [-0.39, 0.29) is 64.6 Å². The topological polar surface area (TPSA) is 151 Å². The molecule has 5 fully saturated rings. The lowest BCUT2D eigenvalue weighted by molar-refractivity contribution is -0.201. The zero-order chi connectivity index (χ0) is 45.5. The summed E-state index contributed by atoms with van der Waals surface area (Å²) in [4.78, 5) is 69.0. The Morgan fingerprint density at radius 1 is 0.781 bits per heavy atom. The zero-order valence-electron chi connectivity index (χ0n) is 38.6. The average molecular weight is 876 g/mol. The van der Waals surface area contributed by atoms with Gasteiger partial charge < -0.3 is 28.4 Å². The Bertz CT molecular complexity index is 2360. The van der Waals surface area contributed by atoms with Gasteiger partial charge in [0.15, 0.2) is 30.0 Å². The number of hydrogen-bond donors (Lipinski definition) is 1. The number of esters is 2. The summed E-state index contributed by atoms with van der Waals surface area (Å²) in [5, 5.41) is 3.17. The van der Waals surface area contributed by atoms with E-state index in [4.69, 9.17) is 23.0 Å². The van der Waals surface area contributed by atoms with Crippen LogP contribution in [0, 0.1) is 50.7 Å². The second kappa shape index (κ2) is 15.9. The van der Waals surface area contributed by atoms with Gasteiger partial charge in [0.25, 0.3) is 0 Å². The molecule has 5 saturated carbocycles. The molecule has 3 aromatic rings. The van der Waals surface area contributed by atoms with Crippen molar-refractivity contribution in [3.05, 3.63) is 106 Å². The molecule has 1 amide bonds. The van der Waals surface area contributed by atoms with E-state index in [1.807, 2.05) is 80.6 Å². The van der Waals surface area contributed by atoms with E-state index in [9.17, 15) is 19.2 Å². The average Bonchev–Trinajstić information content (AvgIpc) is 4.06. The number of rotatable bonds is 10. The summed E-state index contributed by atoms with van der Waals surface area (Å²) in [5.41, 5.74) is -0.182. The molecule has 0 saturated heterocycles. The van der Waals surface area contributed by atoms with Crippen LogP contribution in [0.15, 0.2) is 85.9 Å². The van der Waals surface area contributed by atoms with E-state index in [1.54, 1.807) is 0 Å². The molecule has 10 atom stereocenters. The highest BCUT2D eigenvalue weighted by Gasteiger charge is 2.71. The minimum absolute atomic E-state index is 0.0175. The Balaban J connectivity index is 1.01. The van der Waals surface area contributed by atoms with Crippen molar-refractivity contribution in [1.82, 2.24) is 5.32 Å². The lowest BCUT2D eigenvalue weighted by Crippen LogP contribution is -2.72. The number of ether oxygens (including phenoxy) is 3. The van der Waals surface area contributed by atoms with E-state index in [1.165, 1.54) is 5.57 Å². The summed E-state index contributed by atoms with van der Waals surface area (Å²) < 4.78 is 28.8. The lowest BCUT2D eigenvalue weighted by Gasteiger charge is -2.70. The predicted octanol–water partition coefficient (Wildman–Crippen LogP) is 10.4. The number of carbonyl (C=O) groups is 4. The van der Waals surface area contributed by atoms with Gasteiger partial charge in [0, 0.05) is 12.3 Å². The zero-order valence-corrected chi connectivity index (χ0v) is 38.6. The Morgan fingerprint density at radius 3 is 2.06 bits per heavy atom. The highest BCUT2D eigenvalue weighted by molar-refractivity contribution is 5.96. The molecule has 0 bridgehead atoms. The first kappa shape index (κ1) is 44.3. The Labute approximate surface area is 376 Å². The van der Waals surface area contributed by atoms with Crippen molar-refractivity contribution >= 4 is 23.8 Å². The second-order valence-electron chi connectivity index (χ2n) is 21.7. The Hall–Kier alpha value is -4.93. The summed E-state index contributed by atoms with van der Waals surface area (Å²) >= 11 is 0. The number of carbonyl (C=O) groups excluding carboxylic acids is 4. The van der Waals surface area contributed by atoms with Gasteiger partial charge in [-0.2, -0.15) is 0 Å². The van der Waals surface area contributed by atoms with Crippen LogP contribution in [0.2, 0.25) is 0 Å². The number of benzene rings is 2. The van der Waals surface area contributed by atoms with E-state index in [0.29, 0.717) is 44.3 Å². The first-order valence-electron chi connectivity index (χ1n) is 23.7. The molecule has 342 valence electrons. The van der Waals surface area contributed by atoms with E-state index in [2.05, 4.69) is 39.9 Å². The van der Waals surface area contributed by atoms with Gasteiger partial charge in [0.2, 0.25) is 0 Å². The third-order valence-electron chi connectivity index (χ3n) is 18.0. The maximum Gasteiger partial charge on any atom is 0.519 e. The molecule has 2 aromatic carbocycles. The van der Waals surface area contributed by atoms with E-state index >= 15 is 4.79 Å². The largest absolute Gasteiger partial charge is 0.519 e. The maximum atomic E-state index is 15.3. The molecule has 1 heterocycles. The molecule has 6 aliphatic rings. The Kier molecular flexibility index (Phi) is 11.0. The van der Waals surface area contributed by atoms with Crippen molar-refractivity contribution in [1.29, 1.82) is 0 Å². The molecule has 0 unspecified atom stereocenters. The summed E-state index contributed by atoms with van der Waals surface area (Å²) in [6.45, 7) is 14.8. The summed E-state index contributed by atoms with van der Waals surface area (Å²) in [6.07, 6.45) is 8.70. The molecule has 1 N–H and O–H groups in total. The number of ketones is 1. The van der Waals surface area contributed by atoms with Crippen molar-refractivity contribution in [3.63, 3.8) is 0 Å². The first-order chi connectivity index (χ1) is 30.4. The molecule has 1 aromatic heterocycles. The van der Waals surface area contributed by atoms with Crippen molar-refractivity contribution in [3.8, 4) is 0 Å². The molecule has 0 spiro atoms. The smallest absolute Gasteiger partial charge is 0.460 e. The highest BCUT2D eigenvalue weighted by Crippen LogP contribution is 2.74. The van der Waals surface area contributed by atoms with Gasteiger partial charge in [0.1, 0.15) is 6.10 Å². The SMILES string of the molecule is CCc1oc(=O)oc1COC(=O)N[C@]1(C)[C@@H](OC(=O)C2CC2)CC[C@@]2(C)[C@H]1CC[C@]1(C)[C@@H]2C(=O)C=C2[C@@H]3C[C@@](C)(C(=O)OC(c4ccccc4)c4ccccc4)CC[C@]3(C)CC[C@]21C. The van der Waals surface area contributed by atoms with Gasteiger partial charge in [-0.05, 0) is 135 Å². The van der Waals surface area contributed by atoms with Gasteiger partial charge in [-0.25, -0.2) is 9.59 Å². The second-order valence-corrected chi connectivity index (χ2v) is 21.7. The standard InChI is InChI=1S/C53H65NO10/c1-8-38-39(62-47(59)61-38)31-60-46(58)54-53(7)40-21-24-52(6)43(50(40,4)23-22-41(53)63-44(56)34-19-20-34)37(55)29-35-36-30-49(3,26-25-48(36,2)27-28-51(35,52)5)45(57)64-42(32-15-11-9-12-16-32)33-17-13-10-14-18-33/h9-18,29,34,36,40-43H,8,19-28,30-31H2,1-7H3,(H,54,58)/t36-,40+,41-,43+,48+,49-,50-,51+,52+,53-/m0/s1. The predicted molar refractivity (Wildman–Crippen MR) is 237 cm³/mol. The molecule has 6 aliphatic carbocycles. The third-order valence-corrected chi connectivity index (χ3v) is 18.0. The van der Waals surface area contributed by atoms with Crippen LogP contribution >= 0.6 is 0 Å². The molecular formula is C53H65NO10. The minimum atomic E-state index is -1.07. The first-order valence-corrected chi connectivity index (χ1v) is 23.7. The van der Waals surface area contributed by atoms with Crippen molar-refractivity contribution in [2.75, 3.05) is 0 Å².